The summed E-state index contributed by atoms with van der Waals surface area (Å²) in [5.41, 5.74) is 0.735. The van der Waals surface area contributed by atoms with Gasteiger partial charge in [0.2, 0.25) is 0 Å². The molecule has 0 aromatic heterocycles. The maximum atomic E-state index is 10.4. The maximum absolute atomic E-state index is 10.4. The summed E-state index contributed by atoms with van der Waals surface area (Å²) in [4.78, 5) is 0. The highest BCUT2D eigenvalue weighted by molar-refractivity contribution is 5.18. The van der Waals surface area contributed by atoms with Crippen molar-refractivity contribution in [3.8, 4) is 0 Å². The summed E-state index contributed by atoms with van der Waals surface area (Å²) in [6.07, 6.45) is 1.67. The fourth-order valence-electron chi connectivity index (χ4n) is 2.27. The molecule has 0 aliphatic carbocycles. The first-order chi connectivity index (χ1) is 8.20. The molecule has 1 unspecified atom stereocenters. The molecule has 1 aliphatic heterocycles. The highest BCUT2D eigenvalue weighted by Crippen LogP contribution is 2.19. The highest BCUT2D eigenvalue weighted by atomic mass is 16.3. The Kier molecular flexibility index (Phi) is 4.15. The van der Waals surface area contributed by atoms with E-state index in [0.29, 0.717) is 6.54 Å². The van der Waals surface area contributed by atoms with Crippen LogP contribution in [-0.2, 0) is 0 Å². The zero-order chi connectivity index (χ0) is 12.1. The quantitative estimate of drug-likeness (QED) is 0.739. The SMILES string of the molecule is CC(NCC1(O)CCNCC1)c1ccccc1. The molecule has 1 fully saturated rings. The van der Waals surface area contributed by atoms with Crippen molar-refractivity contribution in [3.63, 3.8) is 0 Å². The van der Waals surface area contributed by atoms with E-state index >= 15 is 0 Å². The van der Waals surface area contributed by atoms with Gasteiger partial charge in [-0.25, -0.2) is 0 Å². The van der Waals surface area contributed by atoms with Crippen molar-refractivity contribution < 1.29 is 5.11 Å². The van der Waals surface area contributed by atoms with E-state index in [-0.39, 0.29) is 6.04 Å². The van der Waals surface area contributed by atoms with Crippen molar-refractivity contribution in [2.24, 2.45) is 0 Å². The molecule has 0 radical (unpaired) electrons. The van der Waals surface area contributed by atoms with Gasteiger partial charge in [0.05, 0.1) is 5.60 Å². The summed E-state index contributed by atoms with van der Waals surface area (Å²) in [6.45, 7) is 4.64. The first kappa shape index (κ1) is 12.6. The van der Waals surface area contributed by atoms with E-state index in [4.69, 9.17) is 0 Å². The number of piperidine rings is 1. The Bertz CT molecular complexity index is 333. The van der Waals surface area contributed by atoms with E-state index in [1.165, 1.54) is 5.56 Å². The monoisotopic (exact) mass is 234 g/mol. The third-order valence-corrected chi connectivity index (χ3v) is 3.57. The Morgan fingerprint density at radius 1 is 1.29 bits per heavy atom. The van der Waals surface area contributed by atoms with Gasteiger partial charge >= 0.3 is 0 Å². The van der Waals surface area contributed by atoms with E-state index in [1.807, 2.05) is 18.2 Å². The lowest BCUT2D eigenvalue weighted by Crippen LogP contribution is -2.48. The van der Waals surface area contributed by atoms with Crippen molar-refractivity contribution in [3.05, 3.63) is 35.9 Å². The number of hydrogen-bond donors (Lipinski definition) is 3. The van der Waals surface area contributed by atoms with Crippen LogP contribution in [0.5, 0.6) is 0 Å². The second-order valence-electron chi connectivity index (χ2n) is 4.99. The summed E-state index contributed by atoms with van der Waals surface area (Å²) < 4.78 is 0. The van der Waals surface area contributed by atoms with Crippen molar-refractivity contribution in [2.75, 3.05) is 19.6 Å². The topological polar surface area (TPSA) is 44.3 Å². The largest absolute Gasteiger partial charge is 0.388 e. The van der Waals surface area contributed by atoms with Crippen LogP contribution in [0.25, 0.3) is 0 Å². The molecule has 0 amide bonds. The smallest absolute Gasteiger partial charge is 0.0795 e. The molecule has 0 bridgehead atoms. The molecule has 1 heterocycles. The zero-order valence-electron chi connectivity index (χ0n) is 10.4. The predicted molar refractivity (Wildman–Crippen MR) is 69.9 cm³/mol. The second-order valence-corrected chi connectivity index (χ2v) is 4.99. The van der Waals surface area contributed by atoms with Gasteiger partial charge in [-0.3, -0.25) is 0 Å². The summed E-state index contributed by atoms with van der Waals surface area (Å²) in [5, 5.41) is 17.1. The van der Waals surface area contributed by atoms with Crippen molar-refractivity contribution >= 4 is 0 Å². The van der Waals surface area contributed by atoms with E-state index < -0.39 is 5.60 Å². The van der Waals surface area contributed by atoms with Crippen LogP contribution in [0.15, 0.2) is 30.3 Å². The molecule has 3 heteroatoms. The lowest BCUT2D eigenvalue weighted by Gasteiger charge is -2.33. The lowest BCUT2D eigenvalue weighted by atomic mass is 9.92. The van der Waals surface area contributed by atoms with Gasteiger partial charge < -0.3 is 15.7 Å². The minimum Gasteiger partial charge on any atom is -0.388 e. The molecule has 17 heavy (non-hydrogen) atoms. The van der Waals surface area contributed by atoms with E-state index in [2.05, 4.69) is 29.7 Å². The molecule has 94 valence electrons. The molecule has 0 spiro atoms. The van der Waals surface area contributed by atoms with Crippen LogP contribution < -0.4 is 10.6 Å². The molecule has 3 nitrogen and oxygen atoms in total. The number of benzene rings is 1. The van der Waals surface area contributed by atoms with Gasteiger partial charge in [0.25, 0.3) is 0 Å². The maximum Gasteiger partial charge on any atom is 0.0795 e. The second kappa shape index (κ2) is 5.63. The fraction of sp³-hybridized carbons (Fsp3) is 0.571. The molecule has 1 aromatic carbocycles. The van der Waals surface area contributed by atoms with Crippen LogP contribution in [0.1, 0.15) is 31.4 Å². The van der Waals surface area contributed by atoms with Crippen LogP contribution in [-0.4, -0.2) is 30.3 Å². The molecule has 1 aromatic rings. The van der Waals surface area contributed by atoms with E-state index in [1.54, 1.807) is 0 Å². The number of hydrogen-bond acceptors (Lipinski definition) is 3. The predicted octanol–water partition coefficient (Wildman–Crippen LogP) is 1.45. The number of rotatable bonds is 4. The minimum absolute atomic E-state index is 0.287. The molecule has 1 aliphatic rings. The van der Waals surface area contributed by atoms with E-state index in [9.17, 15) is 5.11 Å². The Labute approximate surface area is 103 Å². The van der Waals surface area contributed by atoms with Gasteiger partial charge in [0, 0.05) is 12.6 Å². The Hall–Kier alpha value is -0.900. The van der Waals surface area contributed by atoms with Gasteiger partial charge in [-0.15, -0.1) is 0 Å². The van der Waals surface area contributed by atoms with Gasteiger partial charge in [0.1, 0.15) is 0 Å². The Balaban J connectivity index is 1.85. The first-order valence-corrected chi connectivity index (χ1v) is 6.41. The average Bonchev–Trinajstić information content (AvgIpc) is 2.38. The Morgan fingerprint density at radius 3 is 2.59 bits per heavy atom. The summed E-state index contributed by atoms with van der Waals surface area (Å²) >= 11 is 0. The summed E-state index contributed by atoms with van der Waals surface area (Å²) in [6, 6.07) is 10.6. The highest BCUT2D eigenvalue weighted by Gasteiger charge is 2.29. The minimum atomic E-state index is -0.533. The van der Waals surface area contributed by atoms with E-state index in [0.717, 1.165) is 25.9 Å². The number of nitrogens with one attached hydrogen (secondary N) is 2. The van der Waals surface area contributed by atoms with Crippen LogP contribution in [0.2, 0.25) is 0 Å². The van der Waals surface area contributed by atoms with Crippen molar-refractivity contribution in [2.45, 2.75) is 31.4 Å². The summed E-state index contributed by atoms with van der Waals surface area (Å²) in [7, 11) is 0. The van der Waals surface area contributed by atoms with Crippen LogP contribution in [0.3, 0.4) is 0 Å². The average molecular weight is 234 g/mol. The third kappa shape index (κ3) is 3.53. The van der Waals surface area contributed by atoms with Gasteiger partial charge in [-0.2, -0.15) is 0 Å². The number of aliphatic hydroxyl groups is 1. The van der Waals surface area contributed by atoms with Crippen molar-refractivity contribution in [1.82, 2.24) is 10.6 Å². The molecule has 3 N–H and O–H groups in total. The summed E-state index contributed by atoms with van der Waals surface area (Å²) in [5.74, 6) is 0. The van der Waals surface area contributed by atoms with Crippen LogP contribution >= 0.6 is 0 Å². The van der Waals surface area contributed by atoms with Crippen molar-refractivity contribution in [1.29, 1.82) is 0 Å². The first-order valence-electron chi connectivity index (χ1n) is 6.41. The van der Waals surface area contributed by atoms with Crippen LogP contribution in [0, 0.1) is 0 Å². The zero-order valence-corrected chi connectivity index (χ0v) is 10.4. The molecular weight excluding hydrogens is 212 g/mol. The van der Waals surface area contributed by atoms with Gasteiger partial charge in [0.15, 0.2) is 0 Å². The molecular formula is C14H22N2O. The Morgan fingerprint density at radius 2 is 1.94 bits per heavy atom. The van der Waals surface area contributed by atoms with Crippen LogP contribution in [0.4, 0.5) is 0 Å². The third-order valence-electron chi connectivity index (χ3n) is 3.57. The standard InChI is InChI=1S/C14H22N2O/c1-12(13-5-3-2-4-6-13)16-11-14(17)7-9-15-10-8-14/h2-6,12,15-17H,7-11H2,1H3. The molecule has 1 saturated heterocycles. The molecule has 1 atom stereocenters. The molecule has 2 rings (SSSR count). The van der Waals surface area contributed by atoms with Gasteiger partial charge in [-0.1, -0.05) is 30.3 Å². The fourth-order valence-corrected chi connectivity index (χ4v) is 2.27. The van der Waals surface area contributed by atoms with Gasteiger partial charge in [-0.05, 0) is 38.4 Å². The lowest BCUT2D eigenvalue weighted by molar-refractivity contribution is 0.00920. The molecule has 0 saturated carbocycles. The normalized spacial score (nSPS) is 21.1.